The van der Waals surface area contributed by atoms with Crippen LogP contribution in [0.4, 0.5) is 5.69 Å². The second-order valence-corrected chi connectivity index (χ2v) is 7.95. The van der Waals surface area contributed by atoms with Gasteiger partial charge in [0.25, 0.3) is 0 Å². The summed E-state index contributed by atoms with van der Waals surface area (Å²) < 4.78 is 0. The van der Waals surface area contributed by atoms with E-state index in [0.717, 1.165) is 50.1 Å². The summed E-state index contributed by atoms with van der Waals surface area (Å²) >= 11 is 0. The van der Waals surface area contributed by atoms with Crippen molar-refractivity contribution in [1.82, 2.24) is 14.8 Å². The smallest absolute Gasteiger partial charge is 0.237 e. The zero-order valence-corrected chi connectivity index (χ0v) is 16.6. The van der Waals surface area contributed by atoms with Gasteiger partial charge in [-0.2, -0.15) is 5.26 Å². The SMILES string of the molecule is Cc1c(N(C)[C@H]2CCN(CC(=O)N3CCCC3C#N)C2)cnc2ccccc12. The summed E-state index contributed by atoms with van der Waals surface area (Å²) in [6.45, 7) is 5.06. The van der Waals surface area contributed by atoms with Crippen molar-refractivity contribution in [2.45, 2.75) is 38.3 Å². The van der Waals surface area contributed by atoms with Crippen molar-refractivity contribution in [3.05, 3.63) is 36.0 Å². The molecule has 2 saturated heterocycles. The molecular weight excluding hydrogens is 350 g/mol. The highest BCUT2D eigenvalue weighted by Gasteiger charge is 2.32. The number of hydrogen-bond acceptors (Lipinski definition) is 5. The molecule has 2 atom stereocenters. The fourth-order valence-electron chi connectivity index (χ4n) is 4.57. The number of aryl methyl sites for hydroxylation is 1. The van der Waals surface area contributed by atoms with E-state index in [1.807, 2.05) is 18.3 Å². The molecule has 0 saturated carbocycles. The minimum atomic E-state index is -0.236. The largest absolute Gasteiger partial charge is 0.369 e. The Kier molecular flexibility index (Phi) is 5.19. The maximum absolute atomic E-state index is 12.6. The minimum absolute atomic E-state index is 0.0934. The molecule has 1 aromatic carbocycles. The summed E-state index contributed by atoms with van der Waals surface area (Å²) in [4.78, 5) is 23.5. The van der Waals surface area contributed by atoms with Gasteiger partial charge < -0.3 is 9.80 Å². The zero-order chi connectivity index (χ0) is 19.7. The Morgan fingerprint density at radius 1 is 1.32 bits per heavy atom. The summed E-state index contributed by atoms with van der Waals surface area (Å²) in [7, 11) is 2.13. The standard InChI is InChI=1S/C22H27N5O/c1-16-19-7-3-4-8-20(19)24-13-21(16)25(2)18-9-11-26(14-18)15-22(28)27-10-5-6-17(27)12-23/h3-4,7-8,13,17-18H,5-6,9-11,14-15H2,1-2H3/t17?,18-/m0/s1. The molecule has 6 nitrogen and oxygen atoms in total. The number of aromatic nitrogens is 1. The second kappa shape index (κ2) is 7.76. The predicted molar refractivity (Wildman–Crippen MR) is 110 cm³/mol. The molecule has 0 bridgehead atoms. The number of amides is 1. The molecule has 2 aromatic rings. The number of benzene rings is 1. The average molecular weight is 377 g/mol. The molecule has 28 heavy (non-hydrogen) atoms. The van der Waals surface area contributed by atoms with Crippen LogP contribution in [0.25, 0.3) is 10.9 Å². The summed E-state index contributed by atoms with van der Waals surface area (Å²) in [6.07, 6.45) is 4.73. The summed E-state index contributed by atoms with van der Waals surface area (Å²) in [6, 6.07) is 10.6. The van der Waals surface area contributed by atoms with Crippen molar-refractivity contribution < 1.29 is 4.79 Å². The van der Waals surface area contributed by atoms with Gasteiger partial charge >= 0.3 is 0 Å². The number of hydrogen-bond donors (Lipinski definition) is 0. The van der Waals surface area contributed by atoms with E-state index in [9.17, 15) is 10.1 Å². The van der Waals surface area contributed by atoms with Crippen LogP contribution in [-0.4, -0.2) is 66.0 Å². The highest BCUT2D eigenvalue weighted by molar-refractivity contribution is 5.86. The first-order valence-corrected chi connectivity index (χ1v) is 10.1. The van der Waals surface area contributed by atoms with Gasteiger partial charge in [0.15, 0.2) is 0 Å². The normalized spacial score (nSPS) is 22.5. The number of nitriles is 1. The van der Waals surface area contributed by atoms with Gasteiger partial charge in [-0.1, -0.05) is 18.2 Å². The number of likely N-dealkylation sites (tertiary alicyclic amines) is 2. The van der Waals surface area contributed by atoms with Crippen molar-refractivity contribution in [1.29, 1.82) is 5.26 Å². The van der Waals surface area contributed by atoms with Crippen LogP contribution in [0.5, 0.6) is 0 Å². The van der Waals surface area contributed by atoms with Crippen molar-refractivity contribution in [2.75, 3.05) is 38.1 Å². The summed E-state index contributed by atoms with van der Waals surface area (Å²) in [5.74, 6) is 0.0934. The van der Waals surface area contributed by atoms with Crippen LogP contribution < -0.4 is 4.90 Å². The second-order valence-electron chi connectivity index (χ2n) is 7.95. The Labute approximate surface area is 166 Å². The molecule has 3 heterocycles. The van der Waals surface area contributed by atoms with Gasteiger partial charge in [0.1, 0.15) is 6.04 Å². The Morgan fingerprint density at radius 2 is 2.14 bits per heavy atom. The van der Waals surface area contributed by atoms with E-state index in [-0.39, 0.29) is 11.9 Å². The summed E-state index contributed by atoms with van der Waals surface area (Å²) in [5.41, 5.74) is 3.42. The molecule has 0 aliphatic carbocycles. The van der Waals surface area contributed by atoms with Crippen LogP contribution >= 0.6 is 0 Å². The Morgan fingerprint density at radius 3 is 2.96 bits per heavy atom. The lowest BCUT2D eigenvalue weighted by Crippen LogP contribution is -2.43. The molecule has 1 unspecified atom stereocenters. The monoisotopic (exact) mass is 377 g/mol. The number of carbonyl (C=O) groups excluding carboxylic acids is 1. The Balaban J connectivity index is 1.42. The molecule has 2 aliphatic rings. The first-order chi connectivity index (χ1) is 13.6. The van der Waals surface area contributed by atoms with E-state index in [1.54, 1.807) is 4.90 Å². The van der Waals surface area contributed by atoms with E-state index < -0.39 is 0 Å². The lowest BCUT2D eigenvalue weighted by Gasteiger charge is -2.29. The van der Waals surface area contributed by atoms with Gasteiger partial charge in [0.05, 0.1) is 30.0 Å². The lowest BCUT2D eigenvalue weighted by atomic mass is 10.1. The molecular formula is C22H27N5O. The third-order valence-electron chi connectivity index (χ3n) is 6.27. The third-order valence-corrected chi connectivity index (χ3v) is 6.27. The highest BCUT2D eigenvalue weighted by atomic mass is 16.2. The zero-order valence-electron chi connectivity index (χ0n) is 16.6. The molecule has 146 valence electrons. The van der Waals surface area contributed by atoms with Crippen LogP contribution in [0.15, 0.2) is 30.5 Å². The number of pyridine rings is 1. The first-order valence-electron chi connectivity index (χ1n) is 10.1. The maximum Gasteiger partial charge on any atom is 0.237 e. The lowest BCUT2D eigenvalue weighted by molar-refractivity contribution is -0.132. The van der Waals surface area contributed by atoms with Gasteiger partial charge in [-0.3, -0.25) is 14.7 Å². The van der Waals surface area contributed by atoms with E-state index in [1.165, 1.54) is 10.9 Å². The molecule has 6 heteroatoms. The number of fused-ring (bicyclic) bond motifs is 1. The Hall–Kier alpha value is -2.65. The van der Waals surface area contributed by atoms with Crippen molar-refractivity contribution in [3.63, 3.8) is 0 Å². The van der Waals surface area contributed by atoms with Crippen LogP contribution in [0.2, 0.25) is 0 Å². The molecule has 1 amide bonds. The summed E-state index contributed by atoms with van der Waals surface area (Å²) in [5, 5.41) is 10.4. The Bertz CT molecular complexity index is 921. The number of rotatable bonds is 4. The van der Waals surface area contributed by atoms with Gasteiger partial charge in [0.2, 0.25) is 5.91 Å². The molecule has 2 fully saturated rings. The molecule has 1 aromatic heterocycles. The molecule has 0 N–H and O–H groups in total. The number of likely N-dealkylation sites (N-methyl/N-ethyl adjacent to an activating group) is 1. The van der Waals surface area contributed by atoms with Gasteiger partial charge in [-0.05, 0) is 37.8 Å². The number of nitrogens with zero attached hydrogens (tertiary/aromatic N) is 5. The maximum atomic E-state index is 12.6. The number of carbonyl (C=O) groups is 1. The van der Waals surface area contributed by atoms with Crippen molar-refractivity contribution >= 4 is 22.5 Å². The van der Waals surface area contributed by atoms with E-state index >= 15 is 0 Å². The van der Waals surface area contributed by atoms with Crippen LogP contribution in [0, 0.1) is 18.3 Å². The van der Waals surface area contributed by atoms with E-state index in [2.05, 4.69) is 47.0 Å². The minimum Gasteiger partial charge on any atom is -0.369 e. The van der Waals surface area contributed by atoms with E-state index in [4.69, 9.17) is 0 Å². The molecule has 2 aliphatic heterocycles. The fourth-order valence-corrected chi connectivity index (χ4v) is 4.57. The molecule has 0 spiro atoms. The van der Waals surface area contributed by atoms with Gasteiger partial charge in [0, 0.05) is 38.1 Å². The average Bonchev–Trinajstić information content (AvgIpc) is 3.37. The highest BCUT2D eigenvalue weighted by Crippen LogP contribution is 2.29. The fraction of sp³-hybridized carbons (Fsp3) is 0.500. The van der Waals surface area contributed by atoms with Gasteiger partial charge in [-0.15, -0.1) is 0 Å². The molecule has 0 radical (unpaired) electrons. The van der Waals surface area contributed by atoms with Gasteiger partial charge in [-0.25, -0.2) is 0 Å². The number of anilines is 1. The quantitative estimate of drug-likeness (QED) is 0.819. The third kappa shape index (κ3) is 3.43. The van der Waals surface area contributed by atoms with Crippen LogP contribution in [-0.2, 0) is 4.79 Å². The molecule has 4 rings (SSSR count). The topological polar surface area (TPSA) is 63.5 Å². The number of para-hydroxylation sites is 1. The van der Waals surface area contributed by atoms with E-state index in [0.29, 0.717) is 12.6 Å². The van der Waals surface area contributed by atoms with Crippen LogP contribution in [0.1, 0.15) is 24.8 Å². The van der Waals surface area contributed by atoms with Crippen LogP contribution in [0.3, 0.4) is 0 Å². The van der Waals surface area contributed by atoms with Crippen molar-refractivity contribution in [3.8, 4) is 6.07 Å². The first kappa shape index (κ1) is 18.7. The predicted octanol–water partition coefficient (Wildman–Crippen LogP) is 2.57. The van der Waals surface area contributed by atoms with Crippen molar-refractivity contribution in [2.24, 2.45) is 0 Å².